The molecule has 1 unspecified atom stereocenters. The van der Waals surface area contributed by atoms with Crippen LogP contribution in [0.25, 0.3) is 0 Å². The van der Waals surface area contributed by atoms with E-state index in [0.29, 0.717) is 17.3 Å². The number of urea groups is 1. The van der Waals surface area contributed by atoms with Crippen LogP contribution in [-0.4, -0.2) is 34.0 Å². The monoisotopic (exact) mass is 402 g/mol. The lowest BCUT2D eigenvalue weighted by Gasteiger charge is -2.22. The Morgan fingerprint density at radius 2 is 2.21 bits per heavy atom. The molecule has 0 radical (unpaired) electrons. The quantitative estimate of drug-likeness (QED) is 0.709. The Kier molecular flexibility index (Phi) is 5.42. The van der Waals surface area contributed by atoms with Crippen molar-refractivity contribution >= 4 is 41.0 Å². The highest BCUT2D eigenvalue weighted by Gasteiger charge is 2.40. The number of hydrogen-bond acceptors (Lipinski definition) is 5. The van der Waals surface area contributed by atoms with Crippen molar-refractivity contribution in [1.29, 1.82) is 0 Å². The van der Waals surface area contributed by atoms with Gasteiger partial charge in [0.05, 0.1) is 12.1 Å². The van der Waals surface area contributed by atoms with Gasteiger partial charge in [-0.25, -0.2) is 9.78 Å². The molecule has 1 fully saturated rings. The number of nitrogens with two attached hydrogens (primary N) is 1. The molecule has 148 valence electrons. The fourth-order valence-electron chi connectivity index (χ4n) is 3.26. The fourth-order valence-corrected chi connectivity index (χ4v) is 3.44. The molecule has 1 aromatic heterocycles. The molecule has 28 heavy (non-hydrogen) atoms. The van der Waals surface area contributed by atoms with E-state index in [9.17, 15) is 9.59 Å². The minimum atomic E-state index is -0.448. The van der Waals surface area contributed by atoms with E-state index in [0.717, 1.165) is 18.4 Å². The number of nitrogens with one attached hydrogen (secondary N) is 2. The van der Waals surface area contributed by atoms with Gasteiger partial charge in [-0.05, 0) is 38.0 Å². The van der Waals surface area contributed by atoms with Gasteiger partial charge in [-0.15, -0.1) is 0 Å². The largest absolute Gasteiger partial charge is 0.383 e. The Balaban J connectivity index is 1.80. The predicted octanol–water partition coefficient (Wildman–Crippen LogP) is 3.36. The fraction of sp³-hybridized carbons (Fsp3) is 0.368. The van der Waals surface area contributed by atoms with Gasteiger partial charge in [0.2, 0.25) is 5.95 Å². The number of amides is 3. The Labute approximate surface area is 168 Å². The molecule has 1 atom stereocenters. The second-order valence-corrected chi connectivity index (χ2v) is 7.57. The molecule has 0 saturated carbocycles. The lowest BCUT2D eigenvalue weighted by molar-refractivity contribution is 0.102. The van der Waals surface area contributed by atoms with E-state index in [-0.39, 0.29) is 28.9 Å². The zero-order valence-corrected chi connectivity index (χ0v) is 16.8. The number of nitrogens with zero attached hydrogens (tertiary/aromatic N) is 3. The number of rotatable bonds is 5. The topological polar surface area (TPSA) is 113 Å². The Morgan fingerprint density at radius 3 is 2.89 bits per heavy atom. The Morgan fingerprint density at radius 1 is 1.46 bits per heavy atom. The number of halogens is 1. The van der Waals surface area contributed by atoms with E-state index >= 15 is 0 Å². The van der Waals surface area contributed by atoms with E-state index in [1.807, 2.05) is 6.92 Å². The van der Waals surface area contributed by atoms with Gasteiger partial charge in [0, 0.05) is 16.9 Å². The van der Waals surface area contributed by atoms with Gasteiger partial charge in [0.25, 0.3) is 5.91 Å². The van der Waals surface area contributed by atoms with Crippen LogP contribution in [0, 0.1) is 6.92 Å². The molecule has 3 amide bonds. The van der Waals surface area contributed by atoms with Crippen LogP contribution < -0.4 is 21.3 Å². The van der Waals surface area contributed by atoms with E-state index in [1.165, 1.54) is 11.1 Å². The number of nitrogen functional groups attached to an aromatic ring is 1. The molecule has 1 saturated heterocycles. The highest BCUT2D eigenvalue weighted by molar-refractivity contribution is 6.31. The van der Waals surface area contributed by atoms with Gasteiger partial charge in [-0.2, -0.15) is 4.98 Å². The van der Waals surface area contributed by atoms with Crippen LogP contribution in [0.15, 0.2) is 24.4 Å². The maximum Gasteiger partial charge on any atom is 0.324 e. The molecule has 2 heterocycles. The van der Waals surface area contributed by atoms with Crippen molar-refractivity contribution in [3.63, 3.8) is 0 Å². The van der Waals surface area contributed by atoms with Gasteiger partial charge in [-0.1, -0.05) is 31.0 Å². The normalized spacial score (nSPS) is 18.9. The van der Waals surface area contributed by atoms with Gasteiger partial charge < -0.3 is 16.4 Å². The molecule has 3 rings (SSSR count). The average Bonchev–Trinajstić information content (AvgIpc) is 2.93. The summed E-state index contributed by atoms with van der Waals surface area (Å²) in [5.74, 6) is -0.277. The highest BCUT2D eigenvalue weighted by atomic mass is 35.5. The van der Waals surface area contributed by atoms with Crippen molar-refractivity contribution in [1.82, 2.24) is 15.3 Å². The molecule has 1 aliphatic heterocycles. The minimum Gasteiger partial charge on any atom is -0.383 e. The summed E-state index contributed by atoms with van der Waals surface area (Å²) in [4.78, 5) is 34.7. The third-order valence-corrected chi connectivity index (χ3v) is 5.18. The Hall–Kier alpha value is -2.87. The number of hydrogen-bond donors (Lipinski definition) is 3. The lowest BCUT2D eigenvalue weighted by Crippen LogP contribution is -2.39. The summed E-state index contributed by atoms with van der Waals surface area (Å²) in [6.45, 7) is 6.28. The molecular formula is C19H23ClN6O2. The number of anilines is 3. The van der Waals surface area contributed by atoms with Crippen molar-refractivity contribution in [3.05, 3.63) is 40.5 Å². The first-order valence-electron chi connectivity index (χ1n) is 9.03. The number of aromatic nitrogens is 2. The second kappa shape index (κ2) is 7.63. The average molecular weight is 403 g/mol. The molecule has 8 nitrogen and oxygen atoms in total. The van der Waals surface area contributed by atoms with E-state index in [2.05, 4.69) is 27.5 Å². The first-order valence-corrected chi connectivity index (χ1v) is 9.40. The van der Waals surface area contributed by atoms with Gasteiger partial charge in [0.15, 0.2) is 0 Å². The molecule has 9 heteroatoms. The molecule has 0 bridgehead atoms. The van der Waals surface area contributed by atoms with Crippen LogP contribution in [0.3, 0.4) is 0 Å². The predicted molar refractivity (Wildman–Crippen MR) is 110 cm³/mol. The SMILES string of the molecule is CCCC1(C)CN(c2ncc(C(=O)Nc3cccc(Cl)c3C)c(N)n2)C(=O)N1. The summed E-state index contributed by atoms with van der Waals surface area (Å²) >= 11 is 6.08. The molecule has 2 aromatic rings. The van der Waals surface area contributed by atoms with Crippen LogP contribution >= 0.6 is 11.6 Å². The zero-order valence-electron chi connectivity index (χ0n) is 16.0. The van der Waals surface area contributed by atoms with Gasteiger partial charge in [0.1, 0.15) is 11.4 Å². The minimum absolute atomic E-state index is 0.000856. The van der Waals surface area contributed by atoms with Crippen LogP contribution in [0.1, 0.15) is 42.6 Å². The van der Waals surface area contributed by atoms with Gasteiger partial charge in [-0.3, -0.25) is 9.69 Å². The number of carbonyl (C=O) groups is 2. The lowest BCUT2D eigenvalue weighted by atomic mass is 9.98. The summed E-state index contributed by atoms with van der Waals surface area (Å²) in [5, 5.41) is 6.26. The number of carbonyl (C=O) groups excluding carboxylic acids is 2. The maximum absolute atomic E-state index is 12.6. The summed E-state index contributed by atoms with van der Waals surface area (Å²) in [6, 6.07) is 4.95. The standard InChI is InChI=1S/C19H23ClN6O2/c1-4-8-19(3)10-26(18(28)25-19)17-22-9-12(15(21)24-17)16(27)23-14-7-5-6-13(20)11(14)2/h5-7,9H,4,8,10H2,1-3H3,(H,23,27)(H,25,28)(H2,21,22,24). The van der Waals surface area contributed by atoms with E-state index in [4.69, 9.17) is 17.3 Å². The summed E-state index contributed by atoms with van der Waals surface area (Å²) in [6.07, 6.45) is 3.11. The van der Waals surface area contributed by atoms with E-state index < -0.39 is 5.91 Å². The smallest absolute Gasteiger partial charge is 0.324 e. The molecule has 4 N–H and O–H groups in total. The van der Waals surface area contributed by atoms with Crippen LogP contribution in [0.5, 0.6) is 0 Å². The second-order valence-electron chi connectivity index (χ2n) is 7.16. The molecule has 1 aliphatic rings. The van der Waals surface area contributed by atoms with Crippen molar-refractivity contribution in [3.8, 4) is 0 Å². The maximum atomic E-state index is 12.6. The first-order chi connectivity index (χ1) is 13.2. The summed E-state index contributed by atoms with van der Waals surface area (Å²) in [5.41, 5.74) is 7.09. The van der Waals surface area contributed by atoms with Crippen molar-refractivity contribution < 1.29 is 9.59 Å². The van der Waals surface area contributed by atoms with Crippen molar-refractivity contribution in [2.24, 2.45) is 0 Å². The molecule has 1 aromatic carbocycles. The van der Waals surface area contributed by atoms with Crippen molar-refractivity contribution in [2.75, 3.05) is 22.5 Å². The number of benzene rings is 1. The molecule has 0 spiro atoms. The van der Waals surface area contributed by atoms with Crippen molar-refractivity contribution in [2.45, 2.75) is 39.2 Å². The van der Waals surface area contributed by atoms with Crippen LogP contribution in [0.4, 0.5) is 22.2 Å². The Bertz CT molecular complexity index is 935. The van der Waals surface area contributed by atoms with Crippen LogP contribution in [-0.2, 0) is 0 Å². The van der Waals surface area contributed by atoms with Gasteiger partial charge >= 0.3 is 6.03 Å². The third kappa shape index (κ3) is 3.87. The first kappa shape index (κ1) is 19.9. The highest BCUT2D eigenvalue weighted by Crippen LogP contribution is 2.26. The third-order valence-electron chi connectivity index (χ3n) is 4.77. The van der Waals surface area contributed by atoms with E-state index in [1.54, 1.807) is 25.1 Å². The summed E-state index contributed by atoms with van der Waals surface area (Å²) in [7, 11) is 0. The molecule has 0 aliphatic carbocycles. The van der Waals surface area contributed by atoms with Crippen LogP contribution in [0.2, 0.25) is 5.02 Å². The molecular weight excluding hydrogens is 380 g/mol. The summed E-state index contributed by atoms with van der Waals surface area (Å²) < 4.78 is 0. The zero-order chi connectivity index (χ0) is 20.5.